The van der Waals surface area contributed by atoms with Crippen molar-refractivity contribution < 1.29 is 5.11 Å². The molecule has 1 aliphatic rings. The molecule has 0 bridgehead atoms. The number of aryl methyl sites for hydroxylation is 1. The predicted octanol–water partition coefficient (Wildman–Crippen LogP) is 2.24. The number of hydrogen-bond donors (Lipinski definition) is 1. The van der Waals surface area contributed by atoms with Gasteiger partial charge in [-0.3, -0.25) is 4.90 Å². The van der Waals surface area contributed by atoms with Gasteiger partial charge < -0.3 is 5.11 Å². The summed E-state index contributed by atoms with van der Waals surface area (Å²) in [6.07, 6.45) is 8.54. The number of terminal acetylenes is 1. The fourth-order valence-electron chi connectivity index (χ4n) is 2.37. The van der Waals surface area contributed by atoms with Crippen LogP contribution in [-0.4, -0.2) is 29.6 Å². The SMILES string of the molecule is C#CCN(C)C1CCc2ccc(O)cc2C1.Cl. The lowest BCUT2D eigenvalue weighted by Gasteiger charge is -2.31. The molecule has 3 heteroatoms. The highest BCUT2D eigenvalue weighted by Gasteiger charge is 2.21. The van der Waals surface area contributed by atoms with Gasteiger partial charge in [-0.15, -0.1) is 18.8 Å². The monoisotopic (exact) mass is 251 g/mol. The number of rotatable bonds is 2. The van der Waals surface area contributed by atoms with Crippen molar-refractivity contribution >= 4 is 12.4 Å². The molecule has 92 valence electrons. The van der Waals surface area contributed by atoms with Crippen LogP contribution in [0.15, 0.2) is 18.2 Å². The standard InChI is InChI=1S/C14H17NO.ClH/c1-3-8-15(2)13-6-4-11-5-7-14(16)10-12(11)9-13;/h1,5,7,10,13,16H,4,6,8-9H2,2H3;1H. The average Bonchev–Trinajstić information content (AvgIpc) is 2.28. The van der Waals surface area contributed by atoms with Crippen LogP contribution in [0.2, 0.25) is 0 Å². The first-order chi connectivity index (χ1) is 7.70. The summed E-state index contributed by atoms with van der Waals surface area (Å²) >= 11 is 0. The van der Waals surface area contributed by atoms with Crippen LogP contribution < -0.4 is 0 Å². The lowest BCUT2D eigenvalue weighted by Crippen LogP contribution is -2.36. The first-order valence-electron chi connectivity index (χ1n) is 5.65. The quantitative estimate of drug-likeness (QED) is 0.815. The van der Waals surface area contributed by atoms with Crippen molar-refractivity contribution in [3.05, 3.63) is 29.3 Å². The molecule has 0 spiro atoms. The Morgan fingerprint density at radius 2 is 2.24 bits per heavy atom. The van der Waals surface area contributed by atoms with Gasteiger partial charge in [-0.1, -0.05) is 12.0 Å². The van der Waals surface area contributed by atoms with Crippen LogP contribution in [0.3, 0.4) is 0 Å². The second-order valence-corrected chi connectivity index (χ2v) is 4.47. The number of halogens is 1. The molecule has 1 aromatic rings. The number of benzene rings is 1. The predicted molar refractivity (Wildman–Crippen MR) is 72.6 cm³/mol. The summed E-state index contributed by atoms with van der Waals surface area (Å²) in [6, 6.07) is 6.18. The van der Waals surface area contributed by atoms with Crippen molar-refractivity contribution in [2.24, 2.45) is 0 Å². The number of nitrogens with zero attached hydrogens (tertiary/aromatic N) is 1. The number of fused-ring (bicyclic) bond motifs is 1. The zero-order valence-electron chi connectivity index (χ0n) is 10.0. The summed E-state index contributed by atoms with van der Waals surface area (Å²) in [5.74, 6) is 3.04. The van der Waals surface area contributed by atoms with Gasteiger partial charge in [-0.05, 0) is 49.6 Å². The fourth-order valence-corrected chi connectivity index (χ4v) is 2.37. The Hall–Kier alpha value is -1.17. The van der Waals surface area contributed by atoms with E-state index in [1.165, 1.54) is 11.1 Å². The van der Waals surface area contributed by atoms with E-state index >= 15 is 0 Å². The second kappa shape index (κ2) is 5.95. The van der Waals surface area contributed by atoms with Crippen LogP contribution in [0.4, 0.5) is 0 Å². The largest absolute Gasteiger partial charge is 0.508 e. The molecule has 0 saturated heterocycles. The Kier molecular flexibility index (Phi) is 4.86. The topological polar surface area (TPSA) is 23.5 Å². The van der Waals surface area contributed by atoms with E-state index in [1.807, 2.05) is 12.1 Å². The van der Waals surface area contributed by atoms with Gasteiger partial charge in [-0.2, -0.15) is 0 Å². The van der Waals surface area contributed by atoms with E-state index in [-0.39, 0.29) is 12.4 Å². The van der Waals surface area contributed by atoms with E-state index in [9.17, 15) is 5.11 Å². The second-order valence-electron chi connectivity index (χ2n) is 4.47. The summed E-state index contributed by atoms with van der Waals surface area (Å²) in [5, 5.41) is 9.47. The molecule has 0 aromatic heterocycles. The molecule has 0 fully saturated rings. The maximum atomic E-state index is 9.47. The van der Waals surface area contributed by atoms with Gasteiger partial charge in [0.1, 0.15) is 5.75 Å². The number of likely N-dealkylation sites (N-methyl/N-ethyl adjacent to an activating group) is 1. The van der Waals surface area contributed by atoms with Crippen molar-refractivity contribution in [3.8, 4) is 18.1 Å². The fraction of sp³-hybridized carbons (Fsp3) is 0.429. The van der Waals surface area contributed by atoms with E-state index in [0.717, 1.165) is 19.3 Å². The van der Waals surface area contributed by atoms with E-state index in [0.29, 0.717) is 18.3 Å². The molecule has 1 N–H and O–H groups in total. The Balaban J connectivity index is 0.00000144. The van der Waals surface area contributed by atoms with Gasteiger partial charge in [0.2, 0.25) is 0 Å². The maximum absolute atomic E-state index is 9.47. The molecule has 0 radical (unpaired) electrons. The van der Waals surface area contributed by atoms with Crippen LogP contribution in [0, 0.1) is 12.3 Å². The molecular formula is C14H18ClNO. The van der Waals surface area contributed by atoms with Crippen molar-refractivity contribution in [2.75, 3.05) is 13.6 Å². The minimum absolute atomic E-state index is 0. The third-order valence-corrected chi connectivity index (χ3v) is 3.36. The molecule has 1 aliphatic carbocycles. The van der Waals surface area contributed by atoms with Crippen LogP contribution in [0.5, 0.6) is 5.75 Å². The first-order valence-corrected chi connectivity index (χ1v) is 5.65. The highest BCUT2D eigenvalue weighted by molar-refractivity contribution is 5.85. The minimum Gasteiger partial charge on any atom is -0.508 e. The molecule has 1 aromatic carbocycles. The lowest BCUT2D eigenvalue weighted by atomic mass is 9.87. The van der Waals surface area contributed by atoms with E-state index in [2.05, 4.69) is 17.9 Å². The third kappa shape index (κ3) is 3.15. The normalized spacial score (nSPS) is 18.1. The summed E-state index contributed by atoms with van der Waals surface area (Å²) in [4.78, 5) is 2.22. The summed E-state index contributed by atoms with van der Waals surface area (Å²) in [5.41, 5.74) is 2.63. The summed E-state index contributed by atoms with van der Waals surface area (Å²) < 4.78 is 0. The molecule has 2 rings (SSSR count). The maximum Gasteiger partial charge on any atom is 0.115 e. The molecule has 0 aliphatic heterocycles. The zero-order valence-corrected chi connectivity index (χ0v) is 10.8. The number of aromatic hydroxyl groups is 1. The highest BCUT2D eigenvalue weighted by atomic mass is 35.5. The van der Waals surface area contributed by atoms with E-state index in [1.54, 1.807) is 6.07 Å². The summed E-state index contributed by atoms with van der Waals surface area (Å²) in [7, 11) is 2.07. The third-order valence-electron chi connectivity index (χ3n) is 3.36. The van der Waals surface area contributed by atoms with Gasteiger partial charge in [0.05, 0.1) is 6.54 Å². The van der Waals surface area contributed by atoms with Gasteiger partial charge in [0.25, 0.3) is 0 Å². The number of phenols is 1. The van der Waals surface area contributed by atoms with Crippen molar-refractivity contribution in [1.29, 1.82) is 0 Å². The molecule has 2 nitrogen and oxygen atoms in total. The molecule has 0 saturated carbocycles. The van der Waals surface area contributed by atoms with Gasteiger partial charge in [0.15, 0.2) is 0 Å². The number of hydrogen-bond acceptors (Lipinski definition) is 2. The van der Waals surface area contributed by atoms with Gasteiger partial charge in [-0.25, -0.2) is 0 Å². The van der Waals surface area contributed by atoms with Crippen molar-refractivity contribution in [1.82, 2.24) is 4.90 Å². The van der Waals surface area contributed by atoms with Crippen molar-refractivity contribution in [3.63, 3.8) is 0 Å². The van der Waals surface area contributed by atoms with Crippen LogP contribution in [0.1, 0.15) is 17.5 Å². The smallest absolute Gasteiger partial charge is 0.115 e. The molecule has 1 unspecified atom stereocenters. The van der Waals surface area contributed by atoms with Gasteiger partial charge in [0, 0.05) is 6.04 Å². The van der Waals surface area contributed by atoms with Crippen LogP contribution >= 0.6 is 12.4 Å². The van der Waals surface area contributed by atoms with Crippen LogP contribution in [-0.2, 0) is 12.8 Å². The van der Waals surface area contributed by atoms with Gasteiger partial charge >= 0.3 is 0 Å². The Morgan fingerprint density at radius 3 is 2.94 bits per heavy atom. The molecule has 0 amide bonds. The Labute approximate surface area is 109 Å². The van der Waals surface area contributed by atoms with E-state index < -0.39 is 0 Å². The highest BCUT2D eigenvalue weighted by Crippen LogP contribution is 2.26. The number of phenolic OH excluding ortho intramolecular Hbond substituents is 1. The molecule has 17 heavy (non-hydrogen) atoms. The zero-order chi connectivity index (χ0) is 11.5. The lowest BCUT2D eigenvalue weighted by molar-refractivity contribution is 0.247. The van der Waals surface area contributed by atoms with Crippen LogP contribution in [0.25, 0.3) is 0 Å². The molecule has 1 atom stereocenters. The van der Waals surface area contributed by atoms with E-state index in [4.69, 9.17) is 6.42 Å². The van der Waals surface area contributed by atoms with Crippen molar-refractivity contribution in [2.45, 2.75) is 25.3 Å². The Bertz CT molecular complexity index is 425. The molecule has 0 heterocycles. The molecular weight excluding hydrogens is 234 g/mol. The summed E-state index contributed by atoms with van der Waals surface area (Å²) in [6.45, 7) is 0.693. The Morgan fingerprint density at radius 1 is 1.47 bits per heavy atom. The minimum atomic E-state index is 0. The average molecular weight is 252 g/mol. The first kappa shape index (κ1) is 13.9.